The molecule has 2 aliphatic rings. The summed E-state index contributed by atoms with van der Waals surface area (Å²) in [6, 6.07) is 49.6. The Morgan fingerprint density at radius 1 is 0.597 bits per heavy atom. The Morgan fingerprint density at radius 2 is 1.00 bits per heavy atom. The molecule has 0 spiro atoms. The van der Waals surface area contributed by atoms with Gasteiger partial charge in [-0.1, -0.05) is 133 Å². The average Bonchev–Trinajstić information content (AvgIpc) is 4.20. The van der Waals surface area contributed by atoms with Crippen LogP contribution in [0, 0.1) is 17.0 Å². The van der Waals surface area contributed by atoms with Gasteiger partial charge in [0.15, 0.2) is 9.84 Å². The number of hydrogen-bond acceptors (Lipinski definition) is 6. The highest BCUT2D eigenvalue weighted by atomic mass is 32.2. The second kappa shape index (κ2) is 17.5. The van der Waals surface area contributed by atoms with Gasteiger partial charge in [-0.2, -0.15) is 0 Å². The molecule has 8 aromatic rings. The fraction of sp³-hybridized carbons (Fsp3) is 0.0526. The molecule has 0 saturated heterocycles. The van der Waals surface area contributed by atoms with Gasteiger partial charge >= 0.3 is 0 Å². The molecule has 1 atom stereocenters. The highest BCUT2D eigenvalue weighted by Gasteiger charge is 2.35. The summed E-state index contributed by atoms with van der Waals surface area (Å²) in [4.78, 5) is 30.6. The number of benzene rings is 5. The van der Waals surface area contributed by atoms with Crippen molar-refractivity contribution >= 4 is 61.9 Å². The lowest BCUT2D eigenvalue weighted by Crippen LogP contribution is -2.16. The van der Waals surface area contributed by atoms with Crippen LogP contribution in [-0.4, -0.2) is 33.3 Å². The SMILES string of the molecule is C=CC(=C)CC(c1cc(-c2c3nc(c(-c4ccccc4)c4ccc([nH]4)c(-c4ccccc4)c4nc(c(-c5ccccc5)c5ccc2[nH]5)C=C4)C=C3)ccc1[N+](=O)[O-])S(=O)(=O)c1ccc(C)cc1. The fourth-order valence-electron chi connectivity index (χ4n) is 8.97. The molecular formula is C57H43N5O4S. The van der Waals surface area contributed by atoms with Crippen molar-refractivity contribution in [1.82, 2.24) is 19.9 Å². The van der Waals surface area contributed by atoms with Crippen molar-refractivity contribution in [3.63, 3.8) is 0 Å². The number of allylic oxidation sites excluding steroid dienone is 2. The van der Waals surface area contributed by atoms with Crippen LogP contribution in [0.25, 0.3) is 90.9 Å². The number of nitrogens with one attached hydrogen (secondary N) is 2. The minimum absolute atomic E-state index is 0.0234. The van der Waals surface area contributed by atoms with E-state index in [0.29, 0.717) is 33.6 Å². The first-order valence-corrected chi connectivity index (χ1v) is 23.3. The van der Waals surface area contributed by atoms with Crippen LogP contribution >= 0.6 is 0 Å². The molecule has 0 amide bonds. The highest BCUT2D eigenvalue weighted by Crippen LogP contribution is 2.43. The lowest BCUT2D eigenvalue weighted by molar-refractivity contribution is -0.385. The van der Waals surface area contributed by atoms with E-state index in [1.807, 2.05) is 122 Å². The smallest absolute Gasteiger partial charge is 0.273 e. The number of fused-ring (bicyclic) bond motifs is 8. The molecule has 326 valence electrons. The molecular weight excluding hydrogens is 851 g/mol. The fourth-order valence-corrected chi connectivity index (χ4v) is 10.8. The summed E-state index contributed by atoms with van der Waals surface area (Å²) in [6.45, 7) is 9.77. The summed E-state index contributed by atoms with van der Waals surface area (Å²) >= 11 is 0. The Balaban J connectivity index is 1.33. The van der Waals surface area contributed by atoms with Crippen LogP contribution in [0.2, 0.25) is 0 Å². The number of hydrogen-bond donors (Lipinski definition) is 2. The Labute approximate surface area is 388 Å². The van der Waals surface area contributed by atoms with Gasteiger partial charge in [0.1, 0.15) is 5.25 Å². The van der Waals surface area contributed by atoms with E-state index < -0.39 is 20.0 Å². The number of aromatic nitrogens is 4. The number of aromatic amines is 2. The molecule has 67 heavy (non-hydrogen) atoms. The molecule has 2 N–H and O–H groups in total. The van der Waals surface area contributed by atoms with Gasteiger partial charge in [0.2, 0.25) is 0 Å². The second-order valence-electron chi connectivity index (χ2n) is 16.5. The number of H-pyrrole nitrogens is 2. The van der Waals surface area contributed by atoms with Gasteiger partial charge in [0.05, 0.1) is 32.6 Å². The minimum Gasteiger partial charge on any atom is -0.354 e. The van der Waals surface area contributed by atoms with E-state index in [2.05, 4.69) is 47.4 Å². The summed E-state index contributed by atoms with van der Waals surface area (Å²) in [5, 5.41) is 11.5. The van der Waals surface area contributed by atoms with E-state index in [9.17, 15) is 18.5 Å². The summed E-state index contributed by atoms with van der Waals surface area (Å²) < 4.78 is 29.5. The lowest BCUT2D eigenvalue weighted by atomic mass is 9.96. The van der Waals surface area contributed by atoms with Crippen molar-refractivity contribution in [3.8, 4) is 44.5 Å². The van der Waals surface area contributed by atoms with E-state index in [-0.39, 0.29) is 22.6 Å². The number of nitrogens with zero attached hydrogens (tertiary/aromatic N) is 3. The lowest BCUT2D eigenvalue weighted by Gasteiger charge is -2.20. The molecule has 10 heteroatoms. The number of sulfone groups is 1. The van der Waals surface area contributed by atoms with Crippen LogP contribution in [0.15, 0.2) is 187 Å². The van der Waals surface area contributed by atoms with E-state index in [1.165, 1.54) is 24.3 Å². The van der Waals surface area contributed by atoms with E-state index in [4.69, 9.17) is 9.97 Å². The number of nitro groups is 1. The third-order valence-electron chi connectivity index (χ3n) is 12.3. The van der Waals surface area contributed by atoms with Crippen molar-refractivity contribution in [1.29, 1.82) is 0 Å². The van der Waals surface area contributed by atoms with Crippen LogP contribution in [-0.2, 0) is 9.84 Å². The molecule has 5 heterocycles. The van der Waals surface area contributed by atoms with Gasteiger partial charge in [0, 0.05) is 56.0 Å². The van der Waals surface area contributed by atoms with Crippen LogP contribution in [0.1, 0.15) is 45.6 Å². The normalized spacial score (nSPS) is 12.5. The molecule has 0 radical (unpaired) electrons. The molecule has 10 rings (SSSR count). The first-order chi connectivity index (χ1) is 32.6. The summed E-state index contributed by atoms with van der Waals surface area (Å²) in [7, 11) is -4.21. The predicted octanol–water partition coefficient (Wildman–Crippen LogP) is 14.2. The zero-order valence-corrected chi connectivity index (χ0v) is 37.3. The average molecular weight is 894 g/mol. The molecule has 1 unspecified atom stereocenters. The topological polar surface area (TPSA) is 135 Å². The van der Waals surface area contributed by atoms with E-state index in [1.54, 1.807) is 24.3 Å². The van der Waals surface area contributed by atoms with Crippen molar-refractivity contribution in [2.45, 2.75) is 23.5 Å². The molecule has 3 aromatic heterocycles. The van der Waals surface area contributed by atoms with Crippen LogP contribution < -0.4 is 0 Å². The van der Waals surface area contributed by atoms with Crippen LogP contribution in [0.3, 0.4) is 0 Å². The van der Waals surface area contributed by atoms with Crippen molar-refractivity contribution < 1.29 is 13.3 Å². The molecule has 2 aliphatic heterocycles. The zero-order valence-electron chi connectivity index (χ0n) is 36.5. The monoisotopic (exact) mass is 893 g/mol. The molecule has 5 aromatic carbocycles. The van der Waals surface area contributed by atoms with Crippen molar-refractivity contribution in [2.75, 3.05) is 0 Å². The Kier molecular flexibility index (Phi) is 11.1. The first-order valence-electron chi connectivity index (χ1n) is 21.8. The van der Waals surface area contributed by atoms with Crippen molar-refractivity contribution in [3.05, 3.63) is 227 Å². The van der Waals surface area contributed by atoms with Gasteiger partial charge in [-0.25, -0.2) is 18.4 Å². The van der Waals surface area contributed by atoms with Crippen LogP contribution in [0.4, 0.5) is 5.69 Å². The maximum Gasteiger partial charge on any atom is 0.273 e. The third-order valence-corrected chi connectivity index (χ3v) is 14.4. The number of rotatable bonds is 11. The van der Waals surface area contributed by atoms with Gasteiger partial charge < -0.3 is 9.97 Å². The Hall–Kier alpha value is -8.47. The zero-order chi connectivity index (χ0) is 46.2. The predicted molar refractivity (Wildman–Crippen MR) is 272 cm³/mol. The van der Waals surface area contributed by atoms with Crippen LogP contribution in [0.5, 0.6) is 0 Å². The summed E-state index contributed by atoms with van der Waals surface area (Å²) in [6.07, 6.45) is 9.36. The van der Waals surface area contributed by atoms with Gasteiger partial charge in [-0.05, 0) is 108 Å². The Bertz CT molecular complexity index is 3590. The largest absolute Gasteiger partial charge is 0.354 e. The molecule has 9 nitrogen and oxygen atoms in total. The maximum atomic E-state index is 14.7. The first kappa shape index (κ1) is 42.5. The third kappa shape index (κ3) is 8.04. The molecule has 0 aliphatic carbocycles. The minimum atomic E-state index is -4.21. The van der Waals surface area contributed by atoms with Gasteiger partial charge in [0.25, 0.3) is 5.69 Å². The van der Waals surface area contributed by atoms with Crippen molar-refractivity contribution in [2.24, 2.45) is 0 Å². The summed E-state index contributed by atoms with van der Waals surface area (Å²) in [5.74, 6) is 0. The second-order valence-corrected chi connectivity index (χ2v) is 18.7. The number of aryl methyl sites for hydroxylation is 1. The van der Waals surface area contributed by atoms with Gasteiger partial charge in [-0.3, -0.25) is 10.1 Å². The maximum absolute atomic E-state index is 14.7. The van der Waals surface area contributed by atoms with E-state index >= 15 is 0 Å². The summed E-state index contributed by atoms with van der Waals surface area (Å²) in [5.41, 5.74) is 13.6. The Morgan fingerprint density at radius 3 is 1.39 bits per heavy atom. The molecule has 0 fully saturated rings. The highest BCUT2D eigenvalue weighted by molar-refractivity contribution is 7.91. The molecule has 8 bridgehead atoms. The van der Waals surface area contributed by atoms with Gasteiger partial charge in [-0.15, -0.1) is 0 Å². The quantitative estimate of drug-likeness (QED) is 0.0754. The van der Waals surface area contributed by atoms with E-state index in [0.717, 1.165) is 66.9 Å². The standard InChI is InChI=1S/C57H43N5O4S/c1-4-36(2)34-53(67(65,66)42-23-20-37(3)21-24-42)43-35-41(22-33-52(43)62(63)64)57-50-31-29-48(60-50)55(39-16-10-6-11-17-39)46-27-25-44(58-46)54(38-14-8-5-9-15-38)45-26-28-47(59-45)56(40-18-12-7-13-19-40)49-30-32-51(57)61-49/h4-33,35,53,58,61H,1-2,34H2,3H3. The molecule has 0 saturated carbocycles. The number of nitro benzene ring substituents is 1.